The van der Waals surface area contributed by atoms with Crippen LogP contribution in [0.5, 0.6) is 0 Å². The van der Waals surface area contributed by atoms with Gasteiger partial charge in [0.25, 0.3) is 0 Å². The van der Waals surface area contributed by atoms with Crippen LogP contribution in [0.25, 0.3) is 0 Å². The third kappa shape index (κ3) is 2.27. The molecule has 2 unspecified atom stereocenters. The normalized spacial score (nSPS) is 12.9. The van der Waals surface area contributed by atoms with E-state index in [1.54, 1.807) is 0 Å². The van der Waals surface area contributed by atoms with Crippen LogP contribution in [0.15, 0.2) is 0 Å². The van der Waals surface area contributed by atoms with Crippen molar-refractivity contribution in [2.24, 2.45) is 5.92 Å². The highest BCUT2D eigenvalue weighted by Gasteiger charge is 2.08. The molecule has 2 atom stereocenters. The first-order chi connectivity index (χ1) is 3.72. The van der Waals surface area contributed by atoms with Crippen LogP contribution < -0.4 is 0 Å². The molecule has 0 heterocycles. The van der Waals surface area contributed by atoms with Crippen LogP contribution in [0.3, 0.4) is 0 Å². The minimum Gasteiger partial charge on any atom is -0.469 e. The number of ether oxygens (including phenoxy) is 1. The average molecular weight is 134 g/mol. The molecule has 0 aromatic carbocycles. The summed E-state index contributed by atoms with van der Waals surface area (Å²) in [5.74, 6) is -0.120. The van der Waals surface area contributed by atoms with Crippen LogP contribution in [-0.4, -0.2) is 19.2 Å². The fraction of sp³-hybridized carbons (Fsp3) is 0.800. The number of esters is 1. The molecular formula is C5H11O2P. The number of carbonyl (C=O) groups excluding carboxylic acids is 1. The molecule has 0 radical (unpaired) electrons. The first-order valence-corrected chi connectivity index (χ1v) is 3.32. The monoisotopic (exact) mass is 134 g/mol. The molecule has 48 valence electrons. The summed E-state index contributed by atoms with van der Waals surface area (Å²) in [5.41, 5.74) is 0. The van der Waals surface area contributed by atoms with Gasteiger partial charge in [-0.05, 0) is 6.16 Å². The molecule has 0 rings (SSSR count). The highest BCUT2D eigenvalue weighted by atomic mass is 31.0. The third-order valence-corrected chi connectivity index (χ3v) is 1.66. The molecule has 0 amide bonds. The largest absolute Gasteiger partial charge is 0.469 e. The van der Waals surface area contributed by atoms with Crippen molar-refractivity contribution >= 4 is 15.2 Å². The summed E-state index contributed by atoms with van der Waals surface area (Å²) in [6.45, 7) is 1.83. The molecule has 0 aliphatic carbocycles. The molecule has 0 aromatic heterocycles. The Labute approximate surface area is 51.8 Å². The summed E-state index contributed by atoms with van der Waals surface area (Å²) in [6, 6.07) is 0. The molecule has 0 bridgehead atoms. The van der Waals surface area contributed by atoms with E-state index in [0.717, 1.165) is 6.16 Å². The zero-order chi connectivity index (χ0) is 6.57. The van der Waals surface area contributed by atoms with E-state index >= 15 is 0 Å². The van der Waals surface area contributed by atoms with Gasteiger partial charge in [0.2, 0.25) is 0 Å². The summed E-state index contributed by atoms with van der Waals surface area (Å²) < 4.78 is 4.45. The maximum Gasteiger partial charge on any atom is 0.308 e. The van der Waals surface area contributed by atoms with Crippen LogP contribution >= 0.6 is 9.24 Å². The van der Waals surface area contributed by atoms with E-state index in [1.165, 1.54) is 7.11 Å². The van der Waals surface area contributed by atoms with Gasteiger partial charge in [0.1, 0.15) is 0 Å². The van der Waals surface area contributed by atoms with E-state index in [4.69, 9.17) is 0 Å². The second-order valence-corrected chi connectivity index (χ2v) is 2.13. The van der Waals surface area contributed by atoms with E-state index in [2.05, 4.69) is 14.0 Å². The molecule has 8 heavy (non-hydrogen) atoms. The minimum atomic E-state index is -0.139. The van der Waals surface area contributed by atoms with Crippen LogP contribution in [0.4, 0.5) is 0 Å². The molecule has 0 saturated carbocycles. The first-order valence-electron chi connectivity index (χ1n) is 2.50. The molecule has 0 spiro atoms. The highest BCUT2D eigenvalue weighted by Crippen LogP contribution is 2.00. The number of rotatable bonds is 2. The zero-order valence-electron chi connectivity index (χ0n) is 5.18. The van der Waals surface area contributed by atoms with Gasteiger partial charge < -0.3 is 4.74 Å². The predicted molar refractivity (Wildman–Crippen MR) is 35.8 cm³/mol. The van der Waals surface area contributed by atoms with Crippen molar-refractivity contribution in [1.82, 2.24) is 0 Å². The Hall–Kier alpha value is -0.100. The Kier molecular flexibility index (Phi) is 3.80. The van der Waals surface area contributed by atoms with Gasteiger partial charge in [-0.15, -0.1) is 9.24 Å². The van der Waals surface area contributed by atoms with Gasteiger partial charge in [-0.1, -0.05) is 6.92 Å². The van der Waals surface area contributed by atoms with Crippen molar-refractivity contribution in [2.75, 3.05) is 13.3 Å². The Morgan fingerprint density at radius 2 is 2.38 bits per heavy atom. The quantitative estimate of drug-likeness (QED) is 0.410. The van der Waals surface area contributed by atoms with Crippen molar-refractivity contribution in [2.45, 2.75) is 6.92 Å². The van der Waals surface area contributed by atoms with Crippen LogP contribution in [0.1, 0.15) is 6.92 Å². The fourth-order valence-corrected chi connectivity index (χ4v) is 0.490. The van der Waals surface area contributed by atoms with Crippen molar-refractivity contribution < 1.29 is 9.53 Å². The molecule has 2 nitrogen and oxygen atoms in total. The van der Waals surface area contributed by atoms with E-state index in [-0.39, 0.29) is 11.9 Å². The molecule has 3 heteroatoms. The lowest BCUT2D eigenvalue weighted by molar-refractivity contribution is -0.143. The van der Waals surface area contributed by atoms with Crippen molar-refractivity contribution in [3.8, 4) is 0 Å². The van der Waals surface area contributed by atoms with Crippen LogP contribution in [-0.2, 0) is 9.53 Å². The Morgan fingerprint density at radius 1 is 1.88 bits per heavy atom. The van der Waals surface area contributed by atoms with Crippen molar-refractivity contribution in [1.29, 1.82) is 0 Å². The van der Waals surface area contributed by atoms with Crippen LogP contribution in [0.2, 0.25) is 0 Å². The van der Waals surface area contributed by atoms with E-state index in [9.17, 15) is 4.79 Å². The third-order valence-electron chi connectivity index (χ3n) is 0.957. The van der Waals surface area contributed by atoms with E-state index in [1.807, 2.05) is 6.92 Å². The van der Waals surface area contributed by atoms with Gasteiger partial charge in [0, 0.05) is 0 Å². The lowest BCUT2D eigenvalue weighted by Gasteiger charge is -2.02. The zero-order valence-corrected chi connectivity index (χ0v) is 6.33. The van der Waals surface area contributed by atoms with Gasteiger partial charge in [-0.3, -0.25) is 4.79 Å². The average Bonchev–Trinajstić information content (AvgIpc) is 1.84. The molecule has 0 fully saturated rings. The molecule has 0 aliphatic rings. The Morgan fingerprint density at radius 3 is 2.50 bits per heavy atom. The summed E-state index contributed by atoms with van der Waals surface area (Å²) >= 11 is 0. The van der Waals surface area contributed by atoms with E-state index < -0.39 is 0 Å². The van der Waals surface area contributed by atoms with Gasteiger partial charge in [-0.2, -0.15) is 0 Å². The topological polar surface area (TPSA) is 26.3 Å². The lowest BCUT2D eigenvalue weighted by Crippen LogP contribution is -2.13. The fourth-order valence-electron chi connectivity index (χ4n) is 0.297. The van der Waals surface area contributed by atoms with Crippen molar-refractivity contribution in [3.05, 3.63) is 0 Å². The maximum absolute atomic E-state index is 10.5. The summed E-state index contributed by atoms with van der Waals surface area (Å²) in [5, 5.41) is 0. The number of carbonyl (C=O) groups is 1. The number of hydrogen-bond acceptors (Lipinski definition) is 2. The van der Waals surface area contributed by atoms with Gasteiger partial charge in [-0.25, -0.2) is 0 Å². The maximum atomic E-state index is 10.5. The summed E-state index contributed by atoms with van der Waals surface area (Å²) in [4.78, 5) is 10.5. The molecule has 0 saturated heterocycles. The molecule has 0 N–H and O–H groups in total. The number of methoxy groups -OCH3 is 1. The standard InChI is InChI=1S/C5H11O2P/c1-4(3-8)5(6)7-2/h4H,3,8H2,1-2H3. The van der Waals surface area contributed by atoms with Gasteiger partial charge in [0.05, 0.1) is 13.0 Å². The highest BCUT2D eigenvalue weighted by molar-refractivity contribution is 7.16. The second-order valence-electron chi connectivity index (χ2n) is 1.66. The SMILES string of the molecule is COC(=O)C(C)CP. The Balaban J connectivity index is 3.46. The number of hydrogen-bond donors (Lipinski definition) is 0. The van der Waals surface area contributed by atoms with Gasteiger partial charge in [0.15, 0.2) is 0 Å². The first kappa shape index (κ1) is 7.90. The summed E-state index contributed by atoms with van der Waals surface area (Å²) in [6.07, 6.45) is 0.771. The molecule has 0 aliphatic heterocycles. The lowest BCUT2D eigenvalue weighted by atomic mass is 10.2. The second kappa shape index (κ2) is 3.85. The van der Waals surface area contributed by atoms with Crippen molar-refractivity contribution in [3.63, 3.8) is 0 Å². The predicted octanol–water partition coefficient (Wildman–Crippen LogP) is 0.671. The molecular weight excluding hydrogens is 123 g/mol. The van der Waals surface area contributed by atoms with Crippen LogP contribution in [0, 0.1) is 5.92 Å². The Bertz CT molecular complexity index is 82.5. The minimum absolute atomic E-state index is 0.0185. The van der Waals surface area contributed by atoms with Gasteiger partial charge >= 0.3 is 5.97 Å². The molecule has 0 aromatic rings. The smallest absolute Gasteiger partial charge is 0.308 e. The summed E-state index contributed by atoms with van der Waals surface area (Å²) in [7, 11) is 3.89. The van der Waals surface area contributed by atoms with E-state index in [0.29, 0.717) is 0 Å².